The van der Waals surface area contributed by atoms with Gasteiger partial charge in [-0.1, -0.05) is 17.3 Å². The third-order valence-corrected chi connectivity index (χ3v) is 4.52. The Hall–Kier alpha value is -2.28. The number of fused-ring (bicyclic) bond motifs is 1. The van der Waals surface area contributed by atoms with Crippen molar-refractivity contribution in [3.05, 3.63) is 47.0 Å². The number of ether oxygens (including phenoxy) is 1. The quantitative estimate of drug-likeness (QED) is 0.841. The molecule has 0 N–H and O–H groups in total. The van der Waals surface area contributed by atoms with Gasteiger partial charge in [-0.05, 0) is 30.9 Å². The van der Waals surface area contributed by atoms with Crippen molar-refractivity contribution in [3.8, 4) is 0 Å². The van der Waals surface area contributed by atoms with Crippen LogP contribution in [0.3, 0.4) is 0 Å². The van der Waals surface area contributed by atoms with Crippen molar-refractivity contribution < 1.29 is 13.9 Å². The van der Waals surface area contributed by atoms with Crippen molar-refractivity contribution in [2.45, 2.75) is 32.5 Å². The monoisotopic (exact) mass is 330 g/mol. The summed E-state index contributed by atoms with van der Waals surface area (Å²) in [5.74, 6) is -0.103. The van der Waals surface area contributed by atoms with Crippen molar-refractivity contribution >= 4 is 5.91 Å². The Kier molecular flexibility index (Phi) is 4.02. The average molecular weight is 330 g/mol. The summed E-state index contributed by atoms with van der Waals surface area (Å²) in [5.41, 5.74) is 1.74. The molecule has 24 heavy (non-hydrogen) atoms. The molecule has 2 aromatic rings. The Balaban J connectivity index is 1.47. The van der Waals surface area contributed by atoms with E-state index in [0.29, 0.717) is 32.2 Å². The molecule has 4 rings (SSSR count). The molecule has 1 aliphatic carbocycles. The van der Waals surface area contributed by atoms with Crippen LogP contribution in [0, 0.1) is 11.7 Å². The molecule has 2 aliphatic rings. The summed E-state index contributed by atoms with van der Waals surface area (Å²) in [6.45, 7) is 2.59. The lowest BCUT2D eigenvalue weighted by molar-refractivity contribution is 0.0695. The molecule has 1 saturated carbocycles. The number of carbonyl (C=O) groups excluding carboxylic acids is 1. The number of rotatable bonds is 5. The minimum Gasteiger partial charge on any atom is -0.375 e. The van der Waals surface area contributed by atoms with Crippen LogP contribution in [-0.2, 0) is 24.4 Å². The first kappa shape index (κ1) is 15.3. The van der Waals surface area contributed by atoms with Gasteiger partial charge >= 0.3 is 0 Å². The number of halogens is 1. The van der Waals surface area contributed by atoms with E-state index in [4.69, 9.17) is 4.74 Å². The first-order chi connectivity index (χ1) is 11.7. The van der Waals surface area contributed by atoms with E-state index in [-0.39, 0.29) is 11.5 Å². The van der Waals surface area contributed by atoms with Crippen LogP contribution in [-0.4, -0.2) is 39.0 Å². The highest BCUT2D eigenvalue weighted by atomic mass is 19.1. The molecule has 1 aromatic heterocycles. The van der Waals surface area contributed by atoms with Crippen LogP contribution >= 0.6 is 0 Å². The van der Waals surface area contributed by atoms with E-state index >= 15 is 0 Å². The number of nitrogens with zero attached hydrogens (tertiary/aromatic N) is 4. The summed E-state index contributed by atoms with van der Waals surface area (Å²) < 4.78 is 21.4. The molecule has 1 aliphatic heterocycles. The second-order valence-electron chi connectivity index (χ2n) is 6.37. The zero-order valence-corrected chi connectivity index (χ0v) is 13.3. The highest BCUT2D eigenvalue weighted by Gasteiger charge is 2.27. The molecule has 0 saturated heterocycles. The van der Waals surface area contributed by atoms with E-state index in [9.17, 15) is 9.18 Å². The van der Waals surface area contributed by atoms with Crippen molar-refractivity contribution in [2.75, 3.05) is 13.2 Å². The fourth-order valence-corrected chi connectivity index (χ4v) is 2.89. The van der Waals surface area contributed by atoms with E-state index < -0.39 is 5.82 Å². The standard InChI is InChI=1S/C17H19FN4O2/c18-14-4-2-1-3-13(14)17(23)21-7-8-22-16(9-21)15(19-20-22)11-24-10-12-5-6-12/h1-4,12H,5-11H2. The van der Waals surface area contributed by atoms with Gasteiger partial charge in [0.15, 0.2) is 0 Å². The fourth-order valence-electron chi connectivity index (χ4n) is 2.89. The number of hydrogen-bond donors (Lipinski definition) is 0. The lowest BCUT2D eigenvalue weighted by Gasteiger charge is -2.28. The molecule has 2 heterocycles. The Morgan fingerprint density at radius 2 is 2.12 bits per heavy atom. The molecule has 6 nitrogen and oxygen atoms in total. The Morgan fingerprint density at radius 3 is 2.92 bits per heavy atom. The molecule has 126 valence electrons. The zero-order valence-electron chi connectivity index (χ0n) is 13.3. The van der Waals surface area contributed by atoms with Crippen LogP contribution in [0.2, 0.25) is 0 Å². The number of amides is 1. The number of hydrogen-bond acceptors (Lipinski definition) is 4. The first-order valence-electron chi connectivity index (χ1n) is 8.25. The van der Waals surface area contributed by atoms with Crippen molar-refractivity contribution in [1.82, 2.24) is 19.9 Å². The minimum atomic E-state index is -0.493. The topological polar surface area (TPSA) is 60.2 Å². The molecule has 0 spiro atoms. The summed E-state index contributed by atoms with van der Waals surface area (Å²) in [4.78, 5) is 14.2. The maximum absolute atomic E-state index is 13.9. The fraction of sp³-hybridized carbons (Fsp3) is 0.471. The SMILES string of the molecule is O=C(c1ccccc1F)N1CCn2nnc(COCC3CC3)c2C1. The molecular weight excluding hydrogens is 311 g/mol. The van der Waals surface area contributed by atoms with Crippen LogP contribution in [0.25, 0.3) is 0 Å². The summed E-state index contributed by atoms with van der Waals surface area (Å²) in [6.07, 6.45) is 2.48. The maximum atomic E-state index is 13.9. The molecule has 1 aromatic carbocycles. The van der Waals surface area contributed by atoms with E-state index in [2.05, 4.69) is 10.3 Å². The molecule has 1 amide bonds. The van der Waals surface area contributed by atoms with Gasteiger partial charge in [0.2, 0.25) is 0 Å². The molecule has 0 bridgehead atoms. The van der Waals surface area contributed by atoms with E-state index in [1.807, 2.05) is 0 Å². The number of carbonyl (C=O) groups is 1. The Bertz CT molecular complexity index is 757. The van der Waals surface area contributed by atoms with Crippen LogP contribution in [0.1, 0.15) is 34.6 Å². The second-order valence-corrected chi connectivity index (χ2v) is 6.37. The van der Waals surface area contributed by atoms with Gasteiger partial charge in [0, 0.05) is 13.2 Å². The third-order valence-electron chi connectivity index (χ3n) is 4.52. The van der Waals surface area contributed by atoms with Crippen molar-refractivity contribution in [2.24, 2.45) is 5.92 Å². The summed E-state index contributed by atoms with van der Waals surface area (Å²) in [7, 11) is 0. The molecule has 0 atom stereocenters. The van der Waals surface area contributed by atoms with Crippen LogP contribution in [0.15, 0.2) is 24.3 Å². The molecular formula is C17H19FN4O2. The normalized spacial score (nSPS) is 17.0. The highest BCUT2D eigenvalue weighted by Crippen LogP contribution is 2.29. The maximum Gasteiger partial charge on any atom is 0.257 e. The third kappa shape index (κ3) is 3.03. The van der Waals surface area contributed by atoms with Gasteiger partial charge in [-0.3, -0.25) is 4.79 Å². The van der Waals surface area contributed by atoms with Gasteiger partial charge < -0.3 is 9.64 Å². The smallest absolute Gasteiger partial charge is 0.257 e. The highest BCUT2D eigenvalue weighted by molar-refractivity contribution is 5.94. The largest absolute Gasteiger partial charge is 0.375 e. The Labute approximate surface area is 139 Å². The van der Waals surface area contributed by atoms with E-state index in [1.165, 1.54) is 25.0 Å². The van der Waals surface area contributed by atoms with Crippen molar-refractivity contribution in [1.29, 1.82) is 0 Å². The van der Waals surface area contributed by atoms with Crippen LogP contribution in [0.4, 0.5) is 4.39 Å². The average Bonchev–Trinajstić information content (AvgIpc) is 3.34. The summed E-state index contributed by atoms with van der Waals surface area (Å²) in [6, 6.07) is 6.07. The van der Waals surface area contributed by atoms with Gasteiger partial charge in [-0.15, -0.1) is 5.10 Å². The minimum absolute atomic E-state index is 0.102. The van der Waals surface area contributed by atoms with Gasteiger partial charge in [-0.2, -0.15) is 0 Å². The molecule has 0 radical (unpaired) electrons. The van der Waals surface area contributed by atoms with Crippen LogP contribution in [0.5, 0.6) is 0 Å². The number of aromatic nitrogens is 3. The van der Waals surface area contributed by atoms with Gasteiger partial charge in [0.05, 0.1) is 31.0 Å². The number of benzene rings is 1. The predicted molar refractivity (Wildman–Crippen MR) is 83.5 cm³/mol. The first-order valence-corrected chi connectivity index (χ1v) is 8.25. The summed E-state index contributed by atoms with van der Waals surface area (Å²) in [5, 5.41) is 8.30. The predicted octanol–water partition coefficient (Wildman–Crippen LogP) is 2.00. The van der Waals surface area contributed by atoms with Gasteiger partial charge in [-0.25, -0.2) is 9.07 Å². The zero-order chi connectivity index (χ0) is 16.5. The second kappa shape index (κ2) is 6.32. The van der Waals surface area contributed by atoms with E-state index in [0.717, 1.165) is 18.0 Å². The summed E-state index contributed by atoms with van der Waals surface area (Å²) >= 11 is 0. The lowest BCUT2D eigenvalue weighted by atomic mass is 10.1. The van der Waals surface area contributed by atoms with E-state index in [1.54, 1.807) is 21.7 Å². The molecule has 7 heteroatoms. The molecule has 0 unspecified atom stereocenters. The van der Waals surface area contributed by atoms with Crippen LogP contribution < -0.4 is 0 Å². The van der Waals surface area contributed by atoms with Gasteiger partial charge in [0.25, 0.3) is 5.91 Å². The van der Waals surface area contributed by atoms with Gasteiger partial charge in [0.1, 0.15) is 11.5 Å². The molecule has 1 fully saturated rings. The van der Waals surface area contributed by atoms with Crippen molar-refractivity contribution in [3.63, 3.8) is 0 Å². The Morgan fingerprint density at radius 1 is 1.29 bits per heavy atom. The lowest BCUT2D eigenvalue weighted by Crippen LogP contribution is -2.39.